The second-order valence-corrected chi connectivity index (χ2v) is 8.49. The van der Waals surface area contributed by atoms with Gasteiger partial charge in [-0.2, -0.15) is 0 Å². The maximum Gasteiger partial charge on any atom is 0.319 e. The number of halogens is 4. The van der Waals surface area contributed by atoms with E-state index in [0.717, 1.165) is 11.8 Å². The number of carbonyl (C=O) groups is 3. The monoisotopic (exact) mass is 492 g/mol. The molecular weight excluding hydrogens is 478 g/mol. The summed E-state index contributed by atoms with van der Waals surface area (Å²) in [4.78, 5) is 35.9. The number of thioether (sulfide) groups is 1. The van der Waals surface area contributed by atoms with Crippen molar-refractivity contribution in [1.29, 1.82) is 0 Å². The highest BCUT2D eigenvalue weighted by atomic mass is 35.5. The maximum absolute atomic E-state index is 12.9. The van der Waals surface area contributed by atoms with Crippen molar-refractivity contribution < 1.29 is 23.5 Å². The van der Waals surface area contributed by atoms with Gasteiger partial charge in [0, 0.05) is 10.7 Å². The van der Waals surface area contributed by atoms with Gasteiger partial charge in [0.2, 0.25) is 5.91 Å². The van der Waals surface area contributed by atoms with Crippen molar-refractivity contribution in [2.75, 3.05) is 23.0 Å². The Balaban J connectivity index is 1.75. The first-order chi connectivity index (χ1) is 14.2. The molecule has 0 aromatic heterocycles. The summed E-state index contributed by atoms with van der Waals surface area (Å²) in [5.41, 5.74) is 0.595. The van der Waals surface area contributed by atoms with Crippen molar-refractivity contribution in [2.24, 2.45) is 0 Å². The Kier molecular flexibility index (Phi) is 9.23. The molecule has 1 atom stereocenters. The molecule has 6 nitrogen and oxygen atoms in total. The SMILES string of the molecule is CC(SCC(=O)Nc1ccc(F)cc1)C(=O)OCC(=O)Nc1c(Cl)cc(Cl)cc1Cl. The van der Waals surface area contributed by atoms with Gasteiger partial charge >= 0.3 is 5.97 Å². The zero-order valence-corrected chi connectivity index (χ0v) is 18.6. The molecule has 0 aliphatic heterocycles. The molecule has 2 N–H and O–H groups in total. The van der Waals surface area contributed by atoms with E-state index in [2.05, 4.69) is 10.6 Å². The summed E-state index contributed by atoms with van der Waals surface area (Å²) < 4.78 is 17.8. The first kappa shape index (κ1) is 24.3. The number of anilines is 2. The van der Waals surface area contributed by atoms with Crippen LogP contribution >= 0.6 is 46.6 Å². The van der Waals surface area contributed by atoms with E-state index in [1.807, 2.05) is 0 Å². The van der Waals surface area contributed by atoms with Gasteiger partial charge in [-0.3, -0.25) is 14.4 Å². The number of ether oxygens (including phenoxy) is 1. The van der Waals surface area contributed by atoms with Crippen LogP contribution in [0.1, 0.15) is 6.92 Å². The normalized spacial score (nSPS) is 11.5. The first-order valence-electron chi connectivity index (χ1n) is 8.43. The first-order valence-corrected chi connectivity index (χ1v) is 10.6. The van der Waals surface area contributed by atoms with Crippen LogP contribution in [-0.4, -0.2) is 35.4 Å². The summed E-state index contributed by atoms with van der Waals surface area (Å²) in [5, 5.41) is 4.92. The summed E-state index contributed by atoms with van der Waals surface area (Å²) in [6.45, 7) is 0.990. The van der Waals surface area contributed by atoms with Crippen molar-refractivity contribution in [1.82, 2.24) is 0 Å². The van der Waals surface area contributed by atoms with Gasteiger partial charge in [-0.05, 0) is 43.3 Å². The molecule has 0 fully saturated rings. The average molecular weight is 494 g/mol. The molecule has 0 aliphatic carbocycles. The molecular formula is C19H16Cl3FN2O4S. The zero-order valence-electron chi connectivity index (χ0n) is 15.5. The van der Waals surface area contributed by atoms with E-state index in [1.165, 1.54) is 36.4 Å². The number of carbonyl (C=O) groups excluding carboxylic acids is 3. The lowest BCUT2D eigenvalue weighted by molar-refractivity contribution is -0.146. The maximum atomic E-state index is 12.9. The van der Waals surface area contributed by atoms with Crippen LogP contribution in [0.4, 0.5) is 15.8 Å². The van der Waals surface area contributed by atoms with Crippen LogP contribution in [0.2, 0.25) is 15.1 Å². The van der Waals surface area contributed by atoms with E-state index in [0.29, 0.717) is 10.7 Å². The molecule has 0 saturated heterocycles. The third-order valence-corrected chi connectivity index (χ3v) is 5.48. The highest BCUT2D eigenvalue weighted by molar-refractivity contribution is 8.01. The summed E-state index contributed by atoms with van der Waals surface area (Å²) in [5.74, 6) is -2.12. The Morgan fingerprint density at radius 1 is 1.03 bits per heavy atom. The van der Waals surface area contributed by atoms with Crippen LogP contribution in [0.5, 0.6) is 0 Å². The van der Waals surface area contributed by atoms with Gasteiger partial charge in [0.15, 0.2) is 6.61 Å². The minimum atomic E-state index is -0.695. The molecule has 2 rings (SSSR count). The number of rotatable bonds is 8. The fourth-order valence-corrected chi connectivity index (χ4v) is 3.68. The Labute approximate surface area is 191 Å². The van der Waals surface area contributed by atoms with Gasteiger partial charge in [0.05, 0.1) is 21.5 Å². The summed E-state index contributed by atoms with van der Waals surface area (Å²) in [7, 11) is 0. The van der Waals surface area contributed by atoms with Crippen molar-refractivity contribution in [3.8, 4) is 0 Å². The number of nitrogens with one attached hydrogen (secondary N) is 2. The summed E-state index contributed by atoms with van der Waals surface area (Å²) in [6, 6.07) is 8.11. The predicted molar refractivity (Wildman–Crippen MR) is 118 cm³/mol. The predicted octanol–water partition coefficient (Wildman–Crippen LogP) is 5.03. The lowest BCUT2D eigenvalue weighted by atomic mass is 10.3. The van der Waals surface area contributed by atoms with Crippen molar-refractivity contribution in [3.05, 3.63) is 57.3 Å². The number of hydrogen-bond donors (Lipinski definition) is 2. The van der Waals surface area contributed by atoms with E-state index in [4.69, 9.17) is 39.5 Å². The molecule has 2 amide bonds. The van der Waals surface area contributed by atoms with Gasteiger partial charge < -0.3 is 15.4 Å². The lowest BCUT2D eigenvalue weighted by Gasteiger charge is -2.13. The topological polar surface area (TPSA) is 84.5 Å². The average Bonchev–Trinajstić information content (AvgIpc) is 2.68. The minimum Gasteiger partial charge on any atom is -0.455 e. The second-order valence-electron chi connectivity index (χ2n) is 5.91. The second kappa shape index (κ2) is 11.4. The number of esters is 1. The van der Waals surface area contributed by atoms with Crippen LogP contribution in [0.3, 0.4) is 0 Å². The van der Waals surface area contributed by atoms with Gasteiger partial charge in [-0.15, -0.1) is 11.8 Å². The Morgan fingerprint density at radius 2 is 1.63 bits per heavy atom. The molecule has 11 heteroatoms. The number of benzene rings is 2. The molecule has 1 unspecified atom stereocenters. The van der Waals surface area contributed by atoms with E-state index in [-0.39, 0.29) is 27.4 Å². The van der Waals surface area contributed by atoms with E-state index in [9.17, 15) is 18.8 Å². The third-order valence-electron chi connectivity index (χ3n) is 3.54. The molecule has 2 aromatic carbocycles. The molecule has 30 heavy (non-hydrogen) atoms. The van der Waals surface area contributed by atoms with E-state index < -0.39 is 29.6 Å². The fourth-order valence-electron chi connectivity index (χ4n) is 2.09. The standard InChI is InChI=1S/C19H16Cl3FN2O4S/c1-10(30-9-17(27)24-13-4-2-12(23)3-5-13)19(28)29-8-16(26)25-18-14(21)6-11(20)7-15(18)22/h2-7,10H,8-9H2,1H3,(H,24,27)(H,25,26). The van der Waals surface area contributed by atoms with Crippen molar-refractivity contribution >= 4 is 75.7 Å². The van der Waals surface area contributed by atoms with Crippen LogP contribution in [0.15, 0.2) is 36.4 Å². The van der Waals surface area contributed by atoms with Crippen molar-refractivity contribution in [2.45, 2.75) is 12.2 Å². The molecule has 0 saturated carbocycles. The molecule has 0 aliphatic rings. The molecule has 160 valence electrons. The Morgan fingerprint density at radius 3 is 2.23 bits per heavy atom. The highest BCUT2D eigenvalue weighted by Gasteiger charge is 2.19. The van der Waals surface area contributed by atoms with Gasteiger partial charge in [-0.25, -0.2) is 4.39 Å². The summed E-state index contributed by atoms with van der Waals surface area (Å²) in [6.07, 6.45) is 0. The Bertz CT molecular complexity index is 921. The highest BCUT2D eigenvalue weighted by Crippen LogP contribution is 2.33. The lowest BCUT2D eigenvalue weighted by Crippen LogP contribution is -2.26. The number of amides is 2. The molecule has 0 bridgehead atoms. The van der Waals surface area contributed by atoms with Crippen LogP contribution in [0, 0.1) is 5.82 Å². The largest absolute Gasteiger partial charge is 0.455 e. The molecule has 0 heterocycles. The number of hydrogen-bond acceptors (Lipinski definition) is 5. The zero-order chi connectivity index (χ0) is 22.3. The van der Waals surface area contributed by atoms with Crippen LogP contribution < -0.4 is 10.6 Å². The van der Waals surface area contributed by atoms with Gasteiger partial charge in [-0.1, -0.05) is 34.8 Å². The quantitative estimate of drug-likeness (QED) is 0.504. The molecule has 2 aromatic rings. The summed E-state index contributed by atoms with van der Waals surface area (Å²) >= 11 is 18.8. The van der Waals surface area contributed by atoms with E-state index >= 15 is 0 Å². The van der Waals surface area contributed by atoms with Crippen LogP contribution in [0.25, 0.3) is 0 Å². The third kappa shape index (κ3) is 7.68. The molecule has 0 radical (unpaired) electrons. The van der Waals surface area contributed by atoms with Gasteiger partial charge in [0.1, 0.15) is 11.1 Å². The Hall–Kier alpha value is -2.00. The van der Waals surface area contributed by atoms with Crippen molar-refractivity contribution in [3.63, 3.8) is 0 Å². The minimum absolute atomic E-state index is 0.0319. The fraction of sp³-hybridized carbons (Fsp3) is 0.211. The smallest absolute Gasteiger partial charge is 0.319 e. The van der Waals surface area contributed by atoms with E-state index in [1.54, 1.807) is 6.92 Å². The molecule has 0 spiro atoms. The van der Waals surface area contributed by atoms with Crippen LogP contribution in [-0.2, 0) is 19.1 Å². The van der Waals surface area contributed by atoms with Gasteiger partial charge in [0.25, 0.3) is 5.91 Å².